The summed E-state index contributed by atoms with van der Waals surface area (Å²) in [5, 5.41) is 9.54. The standard InChI is InChI=1S/C22H20N2O5/c1-4-27-17-9-7-16(8-10-17)20(25)15(3)29-22(26)19-14(2)28-21(18(19)13-23)24-11-5-6-12-24/h5-12,15H,4H2,1-3H3/t15-/m0/s1. The highest BCUT2D eigenvalue weighted by Gasteiger charge is 2.28. The number of rotatable bonds is 7. The van der Waals surface area contributed by atoms with E-state index < -0.39 is 12.1 Å². The molecule has 3 aromatic rings. The van der Waals surface area contributed by atoms with Crippen molar-refractivity contribution in [2.45, 2.75) is 26.9 Å². The van der Waals surface area contributed by atoms with E-state index >= 15 is 0 Å². The van der Waals surface area contributed by atoms with E-state index in [-0.39, 0.29) is 28.6 Å². The molecule has 0 aliphatic carbocycles. The van der Waals surface area contributed by atoms with Crippen LogP contribution in [-0.4, -0.2) is 29.0 Å². The summed E-state index contributed by atoms with van der Waals surface area (Å²) >= 11 is 0. The SMILES string of the molecule is CCOc1ccc(C(=O)[C@H](C)OC(=O)c2c(C)oc(-n3cccc3)c2C#N)cc1. The second-order valence-electron chi connectivity index (χ2n) is 6.28. The van der Waals surface area contributed by atoms with Crippen LogP contribution in [-0.2, 0) is 4.74 Å². The average Bonchev–Trinajstić information content (AvgIpc) is 3.35. The largest absolute Gasteiger partial charge is 0.494 e. The van der Waals surface area contributed by atoms with Gasteiger partial charge < -0.3 is 13.9 Å². The van der Waals surface area contributed by atoms with Crippen molar-refractivity contribution < 1.29 is 23.5 Å². The molecule has 0 saturated carbocycles. The van der Waals surface area contributed by atoms with E-state index in [0.29, 0.717) is 17.9 Å². The number of aromatic nitrogens is 1. The maximum Gasteiger partial charge on any atom is 0.343 e. The second kappa shape index (κ2) is 8.48. The van der Waals surface area contributed by atoms with Gasteiger partial charge in [0.15, 0.2) is 6.10 Å². The fraction of sp³-hybridized carbons (Fsp3) is 0.227. The summed E-state index contributed by atoms with van der Waals surface area (Å²) in [6, 6.07) is 12.1. The number of ether oxygens (including phenoxy) is 2. The molecule has 0 amide bonds. The Morgan fingerprint density at radius 1 is 1.21 bits per heavy atom. The molecule has 7 nitrogen and oxygen atoms in total. The summed E-state index contributed by atoms with van der Waals surface area (Å²) in [4.78, 5) is 25.3. The summed E-state index contributed by atoms with van der Waals surface area (Å²) in [6.45, 7) is 5.46. The Hall–Kier alpha value is -3.79. The Labute approximate surface area is 168 Å². The Bertz CT molecular complexity index is 1060. The second-order valence-corrected chi connectivity index (χ2v) is 6.28. The number of carbonyl (C=O) groups excluding carboxylic acids is 2. The number of Topliss-reactive ketones (excluding diaryl/α,β-unsaturated/α-hetero) is 1. The predicted octanol–water partition coefficient (Wildman–Crippen LogP) is 4.08. The third-order valence-corrected chi connectivity index (χ3v) is 4.32. The summed E-state index contributed by atoms with van der Waals surface area (Å²) in [6.07, 6.45) is 2.37. The van der Waals surface area contributed by atoms with Crippen molar-refractivity contribution in [1.82, 2.24) is 4.57 Å². The fourth-order valence-corrected chi connectivity index (χ4v) is 2.92. The molecule has 148 valence electrons. The molecule has 0 radical (unpaired) electrons. The lowest BCUT2D eigenvalue weighted by atomic mass is 10.1. The number of carbonyl (C=O) groups is 2. The van der Waals surface area contributed by atoms with Crippen LogP contribution in [0.15, 0.2) is 53.2 Å². The van der Waals surface area contributed by atoms with Crippen LogP contribution in [0, 0.1) is 18.3 Å². The van der Waals surface area contributed by atoms with Crippen LogP contribution in [0.25, 0.3) is 5.88 Å². The van der Waals surface area contributed by atoms with E-state index in [4.69, 9.17) is 13.9 Å². The lowest BCUT2D eigenvalue weighted by Crippen LogP contribution is -2.25. The van der Waals surface area contributed by atoms with Crippen LogP contribution < -0.4 is 4.74 Å². The minimum absolute atomic E-state index is 0.0162. The Morgan fingerprint density at radius 3 is 2.45 bits per heavy atom. The van der Waals surface area contributed by atoms with Crippen molar-refractivity contribution in [3.8, 4) is 17.7 Å². The summed E-state index contributed by atoms with van der Waals surface area (Å²) in [7, 11) is 0. The summed E-state index contributed by atoms with van der Waals surface area (Å²) < 4.78 is 17.9. The highest BCUT2D eigenvalue weighted by atomic mass is 16.5. The van der Waals surface area contributed by atoms with Crippen LogP contribution in [0.2, 0.25) is 0 Å². The molecule has 29 heavy (non-hydrogen) atoms. The van der Waals surface area contributed by atoms with Gasteiger partial charge in [-0.3, -0.25) is 9.36 Å². The van der Waals surface area contributed by atoms with Crippen molar-refractivity contribution >= 4 is 11.8 Å². The van der Waals surface area contributed by atoms with Crippen LogP contribution in [0.3, 0.4) is 0 Å². The maximum absolute atomic E-state index is 12.7. The fourth-order valence-electron chi connectivity index (χ4n) is 2.92. The molecule has 0 N–H and O–H groups in total. The van der Waals surface area contributed by atoms with Crippen LogP contribution >= 0.6 is 0 Å². The number of hydrogen-bond donors (Lipinski definition) is 0. The third-order valence-electron chi connectivity index (χ3n) is 4.32. The van der Waals surface area contributed by atoms with Gasteiger partial charge in [0.2, 0.25) is 11.7 Å². The van der Waals surface area contributed by atoms with E-state index in [1.165, 1.54) is 6.92 Å². The molecule has 1 atom stereocenters. The molecule has 0 aliphatic rings. The first kappa shape index (κ1) is 20.0. The van der Waals surface area contributed by atoms with Crippen LogP contribution in [0.1, 0.15) is 45.9 Å². The maximum atomic E-state index is 12.7. The van der Waals surface area contributed by atoms with Gasteiger partial charge in [-0.2, -0.15) is 5.26 Å². The number of hydrogen-bond acceptors (Lipinski definition) is 6. The van der Waals surface area contributed by atoms with Gasteiger partial charge in [-0.25, -0.2) is 4.79 Å². The molecule has 0 saturated heterocycles. The highest BCUT2D eigenvalue weighted by molar-refractivity contribution is 6.02. The first-order chi connectivity index (χ1) is 14.0. The van der Waals surface area contributed by atoms with Gasteiger partial charge in [0.05, 0.1) is 6.61 Å². The smallest absolute Gasteiger partial charge is 0.343 e. The monoisotopic (exact) mass is 392 g/mol. The predicted molar refractivity (Wildman–Crippen MR) is 104 cm³/mol. The molecule has 7 heteroatoms. The molecule has 0 bridgehead atoms. The normalized spacial score (nSPS) is 11.5. The van der Waals surface area contributed by atoms with Crippen molar-refractivity contribution in [2.24, 2.45) is 0 Å². The third kappa shape index (κ3) is 4.06. The lowest BCUT2D eigenvalue weighted by Gasteiger charge is -2.12. The lowest BCUT2D eigenvalue weighted by molar-refractivity contribution is 0.0317. The molecule has 0 spiro atoms. The molecule has 2 aromatic heterocycles. The molecule has 3 rings (SSSR count). The topological polar surface area (TPSA) is 94.5 Å². The molecule has 0 unspecified atom stereocenters. The van der Waals surface area contributed by atoms with E-state index in [1.54, 1.807) is 60.3 Å². The summed E-state index contributed by atoms with van der Waals surface area (Å²) in [5.41, 5.74) is 0.471. The summed E-state index contributed by atoms with van der Waals surface area (Å²) in [5.74, 6) is -0.0120. The van der Waals surface area contributed by atoms with Crippen molar-refractivity contribution in [1.29, 1.82) is 5.26 Å². The number of furan rings is 1. The first-order valence-electron chi connectivity index (χ1n) is 9.11. The van der Waals surface area contributed by atoms with Gasteiger partial charge in [0.25, 0.3) is 0 Å². The van der Waals surface area contributed by atoms with Gasteiger partial charge in [0, 0.05) is 18.0 Å². The number of aryl methyl sites for hydroxylation is 1. The zero-order chi connectivity index (χ0) is 21.0. The van der Waals surface area contributed by atoms with Crippen LogP contribution in [0.4, 0.5) is 0 Å². The van der Waals surface area contributed by atoms with Gasteiger partial charge >= 0.3 is 5.97 Å². The van der Waals surface area contributed by atoms with Gasteiger partial charge in [-0.1, -0.05) is 0 Å². The number of benzene rings is 1. The Balaban J connectivity index is 1.79. The van der Waals surface area contributed by atoms with E-state index in [0.717, 1.165) is 0 Å². The van der Waals surface area contributed by atoms with Crippen molar-refractivity contribution in [2.75, 3.05) is 6.61 Å². The molecule has 2 heterocycles. The number of esters is 1. The Kier molecular flexibility index (Phi) is 5.84. The van der Waals surface area contributed by atoms with Crippen molar-refractivity contribution in [3.05, 3.63) is 71.2 Å². The van der Waals surface area contributed by atoms with E-state index in [9.17, 15) is 14.9 Å². The quantitative estimate of drug-likeness (QED) is 0.444. The highest BCUT2D eigenvalue weighted by Crippen LogP contribution is 2.26. The van der Waals surface area contributed by atoms with Gasteiger partial charge in [-0.05, 0) is 57.2 Å². The average molecular weight is 392 g/mol. The van der Waals surface area contributed by atoms with Gasteiger partial charge in [0.1, 0.15) is 28.7 Å². The Morgan fingerprint density at radius 2 is 1.86 bits per heavy atom. The number of nitrogens with zero attached hydrogens (tertiary/aromatic N) is 2. The first-order valence-corrected chi connectivity index (χ1v) is 9.11. The molecule has 0 aliphatic heterocycles. The van der Waals surface area contributed by atoms with E-state index in [1.807, 2.05) is 13.0 Å². The molecule has 0 fully saturated rings. The molecule has 1 aromatic carbocycles. The number of ketones is 1. The van der Waals surface area contributed by atoms with E-state index in [2.05, 4.69) is 0 Å². The zero-order valence-electron chi connectivity index (χ0n) is 16.3. The van der Waals surface area contributed by atoms with Crippen molar-refractivity contribution in [3.63, 3.8) is 0 Å². The number of nitriles is 1. The molecular formula is C22H20N2O5. The minimum atomic E-state index is -1.03. The zero-order valence-corrected chi connectivity index (χ0v) is 16.3. The van der Waals surface area contributed by atoms with Crippen LogP contribution in [0.5, 0.6) is 5.75 Å². The van der Waals surface area contributed by atoms with Gasteiger partial charge in [-0.15, -0.1) is 0 Å². The minimum Gasteiger partial charge on any atom is -0.494 e. The molecular weight excluding hydrogens is 372 g/mol.